The van der Waals surface area contributed by atoms with Gasteiger partial charge in [0.2, 0.25) is 10.0 Å². The zero-order valence-electron chi connectivity index (χ0n) is 12.5. The van der Waals surface area contributed by atoms with E-state index in [0.717, 1.165) is 11.1 Å². The Morgan fingerprint density at radius 1 is 1.14 bits per heavy atom. The van der Waals surface area contributed by atoms with Gasteiger partial charge in [0.25, 0.3) is 5.91 Å². The molecule has 0 unspecified atom stereocenters. The fourth-order valence-corrected chi connectivity index (χ4v) is 2.77. The normalized spacial score (nSPS) is 11.2. The van der Waals surface area contributed by atoms with Gasteiger partial charge in [-0.3, -0.25) is 4.79 Å². The minimum atomic E-state index is -3.84. The van der Waals surface area contributed by atoms with Gasteiger partial charge in [-0.1, -0.05) is 24.3 Å². The molecule has 0 heterocycles. The van der Waals surface area contributed by atoms with Crippen molar-refractivity contribution in [2.45, 2.75) is 25.3 Å². The van der Waals surface area contributed by atoms with Crippen LogP contribution in [0.2, 0.25) is 0 Å². The first kappa shape index (κ1) is 16.2. The number of carbonyl (C=O) groups is 1. The maximum Gasteiger partial charge on any atom is 0.251 e. The van der Waals surface area contributed by atoms with Crippen LogP contribution in [0.25, 0.3) is 0 Å². The van der Waals surface area contributed by atoms with Crippen LogP contribution in [0.5, 0.6) is 0 Å². The molecular weight excluding hydrogens is 300 g/mol. The van der Waals surface area contributed by atoms with Crippen molar-refractivity contribution in [2.24, 2.45) is 5.14 Å². The predicted octanol–water partition coefficient (Wildman–Crippen LogP) is 1.88. The Morgan fingerprint density at radius 3 is 2.45 bits per heavy atom. The third-order valence-corrected chi connectivity index (χ3v) is 4.24. The third-order valence-electron chi connectivity index (χ3n) is 3.34. The Balaban J connectivity index is 2.20. The first-order chi connectivity index (χ1) is 10.3. The number of sulfonamides is 1. The van der Waals surface area contributed by atoms with Crippen molar-refractivity contribution >= 4 is 15.9 Å². The minimum Gasteiger partial charge on any atom is -0.348 e. The average molecular weight is 318 g/mol. The van der Waals surface area contributed by atoms with Gasteiger partial charge in [-0.2, -0.15) is 0 Å². The molecule has 0 fully saturated rings. The van der Waals surface area contributed by atoms with Gasteiger partial charge in [-0.05, 0) is 48.7 Å². The van der Waals surface area contributed by atoms with Crippen LogP contribution in [0.4, 0.5) is 0 Å². The van der Waals surface area contributed by atoms with Gasteiger partial charge in [0.1, 0.15) is 0 Å². The molecule has 0 spiro atoms. The SMILES string of the molecule is Cc1cc(C(=O)NCc2ccccc2C)cc(S(N)(=O)=O)c1. The molecular formula is C16H18N2O3S. The molecule has 0 aliphatic carbocycles. The molecule has 0 saturated carbocycles. The summed E-state index contributed by atoms with van der Waals surface area (Å²) in [5.74, 6) is -0.336. The summed E-state index contributed by atoms with van der Waals surface area (Å²) in [4.78, 5) is 12.2. The predicted molar refractivity (Wildman–Crippen MR) is 84.9 cm³/mol. The molecule has 0 aliphatic rings. The van der Waals surface area contributed by atoms with Crippen molar-refractivity contribution in [3.8, 4) is 0 Å². The Bertz CT molecular complexity index is 814. The average Bonchev–Trinajstić information content (AvgIpc) is 2.44. The highest BCUT2D eigenvalue weighted by Gasteiger charge is 2.13. The number of amides is 1. The highest BCUT2D eigenvalue weighted by molar-refractivity contribution is 7.89. The standard InChI is InChI=1S/C16H18N2O3S/c1-11-7-14(9-15(8-11)22(17,20)21)16(19)18-10-13-6-4-3-5-12(13)2/h3-9H,10H2,1-2H3,(H,18,19)(H2,17,20,21). The number of carbonyl (C=O) groups excluding carboxylic acids is 1. The van der Waals surface area contributed by atoms with Crippen molar-refractivity contribution in [1.29, 1.82) is 0 Å². The summed E-state index contributed by atoms with van der Waals surface area (Å²) in [5, 5.41) is 7.91. The number of aryl methyl sites for hydroxylation is 2. The van der Waals surface area contributed by atoms with Crippen LogP contribution >= 0.6 is 0 Å². The molecule has 5 nitrogen and oxygen atoms in total. The van der Waals surface area contributed by atoms with Crippen LogP contribution in [0.3, 0.4) is 0 Å². The Hall–Kier alpha value is -2.18. The number of nitrogens with one attached hydrogen (secondary N) is 1. The van der Waals surface area contributed by atoms with Crippen LogP contribution in [-0.2, 0) is 16.6 Å². The second-order valence-corrected chi connectivity index (χ2v) is 6.75. The topological polar surface area (TPSA) is 89.3 Å². The highest BCUT2D eigenvalue weighted by Crippen LogP contribution is 2.14. The van der Waals surface area contributed by atoms with E-state index in [9.17, 15) is 13.2 Å². The zero-order valence-corrected chi connectivity index (χ0v) is 13.3. The lowest BCUT2D eigenvalue weighted by Gasteiger charge is -2.09. The maximum atomic E-state index is 12.2. The fourth-order valence-electron chi connectivity index (χ4n) is 2.13. The van der Waals surface area contributed by atoms with E-state index in [0.29, 0.717) is 12.1 Å². The summed E-state index contributed by atoms with van der Waals surface area (Å²) < 4.78 is 22.9. The summed E-state index contributed by atoms with van der Waals surface area (Å²) in [7, 11) is -3.84. The smallest absolute Gasteiger partial charge is 0.251 e. The molecule has 2 aromatic rings. The second kappa shape index (κ2) is 6.29. The molecule has 2 aromatic carbocycles. The first-order valence-corrected chi connectivity index (χ1v) is 8.29. The Morgan fingerprint density at radius 2 is 1.82 bits per heavy atom. The van der Waals surface area contributed by atoms with Crippen molar-refractivity contribution in [2.75, 3.05) is 0 Å². The molecule has 2 rings (SSSR count). The first-order valence-electron chi connectivity index (χ1n) is 6.74. The third kappa shape index (κ3) is 3.93. The van der Waals surface area contributed by atoms with Gasteiger partial charge >= 0.3 is 0 Å². The van der Waals surface area contributed by atoms with E-state index in [-0.39, 0.29) is 16.4 Å². The lowest BCUT2D eigenvalue weighted by molar-refractivity contribution is 0.0950. The molecule has 6 heteroatoms. The summed E-state index contributed by atoms with van der Waals surface area (Å²) in [6.07, 6.45) is 0. The molecule has 1 amide bonds. The molecule has 0 saturated heterocycles. The summed E-state index contributed by atoms with van der Waals surface area (Å²) >= 11 is 0. The van der Waals surface area contributed by atoms with Gasteiger partial charge in [0.15, 0.2) is 0 Å². The molecule has 0 aliphatic heterocycles. The van der Waals surface area contributed by atoms with Crippen LogP contribution in [0.1, 0.15) is 27.0 Å². The monoisotopic (exact) mass is 318 g/mol. The fraction of sp³-hybridized carbons (Fsp3) is 0.188. The maximum absolute atomic E-state index is 12.2. The van der Waals surface area contributed by atoms with Gasteiger partial charge in [0.05, 0.1) is 4.90 Å². The van der Waals surface area contributed by atoms with Gasteiger partial charge in [-0.25, -0.2) is 13.6 Å². The van der Waals surface area contributed by atoms with Crippen LogP contribution in [0.15, 0.2) is 47.4 Å². The second-order valence-electron chi connectivity index (χ2n) is 5.19. The van der Waals surface area contributed by atoms with E-state index >= 15 is 0 Å². The summed E-state index contributed by atoms with van der Waals surface area (Å²) in [6, 6.07) is 12.1. The Labute approximate surface area is 130 Å². The Kier molecular flexibility index (Phi) is 4.63. The molecule has 3 N–H and O–H groups in total. The highest BCUT2D eigenvalue weighted by atomic mass is 32.2. The molecule has 0 radical (unpaired) electrons. The molecule has 0 aromatic heterocycles. The van der Waals surface area contributed by atoms with Crippen LogP contribution in [-0.4, -0.2) is 14.3 Å². The van der Waals surface area contributed by atoms with E-state index in [1.54, 1.807) is 13.0 Å². The van der Waals surface area contributed by atoms with Gasteiger partial charge in [-0.15, -0.1) is 0 Å². The van der Waals surface area contributed by atoms with Gasteiger partial charge < -0.3 is 5.32 Å². The van der Waals surface area contributed by atoms with Crippen molar-refractivity contribution < 1.29 is 13.2 Å². The summed E-state index contributed by atoms with van der Waals surface area (Å²) in [6.45, 7) is 4.06. The number of primary sulfonamides is 1. The quantitative estimate of drug-likeness (QED) is 0.902. The van der Waals surface area contributed by atoms with Crippen LogP contribution < -0.4 is 10.5 Å². The molecule has 22 heavy (non-hydrogen) atoms. The van der Waals surface area contributed by atoms with Crippen LogP contribution in [0, 0.1) is 13.8 Å². The molecule has 0 atom stereocenters. The van der Waals surface area contributed by atoms with E-state index in [1.165, 1.54) is 12.1 Å². The van der Waals surface area contributed by atoms with Crippen molar-refractivity contribution in [3.05, 3.63) is 64.7 Å². The number of benzene rings is 2. The van der Waals surface area contributed by atoms with E-state index in [2.05, 4.69) is 5.32 Å². The van der Waals surface area contributed by atoms with E-state index in [1.807, 2.05) is 31.2 Å². The van der Waals surface area contributed by atoms with Crippen molar-refractivity contribution in [1.82, 2.24) is 5.32 Å². The lowest BCUT2D eigenvalue weighted by Crippen LogP contribution is -2.24. The summed E-state index contributed by atoms with van der Waals surface area (Å²) in [5.41, 5.74) is 3.03. The molecule has 0 bridgehead atoms. The number of hydrogen-bond acceptors (Lipinski definition) is 3. The molecule has 116 valence electrons. The lowest BCUT2D eigenvalue weighted by atomic mass is 10.1. The number of rotatable bonds is 4. The van der Waals surface area contributed by atoms with E-state index < -0.39 is 10.0 Å². The minimum absolute atomic E-state index is 0.0615. The van der Waals surface area contributed by atoms with E-state index in [4.69, 9.17) is 5.14 Å². The number of nitrogens with two attached hydrogens (primary N) is 1. The van der Waals surface area contributed by atoms with Gasteiger partial charge in [0, 0.05) is 12.1 Å². The van der Waals surface area contributed by atoms with Crippen molar-refractivity contribution in [3.63, 3.8) is 0 Å². The largest absolute Gasteiger partial charge is 0.348 e. The number of hydrogen-bond donors (Lipinski definition) is 2. The zero-order chi connectivity index (χ0) is 16.3.